The fourth-order valence-corrected chi connectivity index (χ4v) is 3.98. The van der Waals surface area contributed by atoms with Crippen LogP contribution in [-0.4, -0.2) is 31.3 Å². The number of benzene rings is 2. The average Bonchev–Trinajstić information content (AvgIpc) is 2.70. The van der Waals surface area contributed by atoms with Crippen LogP contribution in [0, 0.1) is 0 Å². The maximum atomic E-state index is 13.1. The molecule has 0 atom stereocenters. The van der Waals surface area contributed by atoms with Gasteiger partial charge in [0, 0.05) is 7.05 Å². The van der Waals surface area contributed by atoms with Crippen molar-refractivity contribution in [2.24, 2.45) is 0 Å². The van der Waals surface area contributed by atoms with Gasteiger partial charge in [0.1, 0.15) is 9.92 Å². The van der Waals surface area contributed by atoms with E-state index in [4.69, 9.17) is 23.2 Å². The number of rotatable bonds is 6. The third kappa shape index (κ3) is 4.76. The number of aromatic nitrogens is 2. The van der Waals surface area contributed by atoms with Crippen LogP contribution in [0.25, 0.3) is 0 Å². The summed E-state index contributed by atoms with van der Waals surface area (Å²) in [5.41, 5.74) is 0.550. The minimum absolute atomic E-state index is 0.0464. The monoisotopic (exact) mass is 451 g/mol. The largest absolute Gasteiger partial charge is 0.355 e. The zero-order valence-electron chi connectivity index (χ0n) is 15.0. The highest BCUT2D eigenvalue weighted by molar-refractivity contribution is 7.92. The van der Waals surface area contributed by atoms with E-state index in [0.717, 1.165) is 0 Å². The minimum atomic E-state index is -4.06. The zero-order chi connectivity index (χ0) is 21.0. The molecule has 0 aliphatic heterocycles. The van der Waals surface area contributed by atoms with Gasteiger partial charge < -0.3 is 10.6 Å². The Kier molecular flexibility index (Phi) is 6.21. The van der Waals surface area contributed by atoms with Crippen molar-refractivity contribution in [2.45, 2.75) is 4.90 Å². The topological polar surface area (TPSA) is 113 Å². The van der Waals surface area contributed by atoms with E-state index >= 15 is 0 Å². The lowest BCUT2D eigenvalue weighted by Gasteiger charge is -2.15. The molecule has 0 bridgehead atoms. The van der Waals surface area contributed by atoms with Crippen LogP contribution in [0.15, 0.2) is 59.6 Å². The van der Waals surface area contributed by atoms with Gasteiger partial charge in [-0.25, -0.2) is 13.4 Å². The third-order valence-corrected chi connectivity index (χ3v) is 5.67. The Labute approximate surface area is 177 Å². The van der Waals surface area contributed by atoms with Crippen LogP contribution in [0.4, 0.5) is 17.2 Å². The highest BCUT2D eigenvalue weighted by Gasteiger charge is 2.22. The maximum Gasteiger partial charge on any atom is 0.263 e. The predicted octanol–water partition coefficient (Wildman–Crippen LogP) is 3.69. The standard InChI is InChI=1S/C18H15Cl2N5O3S/c1-21-17(26)11-6-2-3-7-13(11)25-29(27,28)15-9-5-4-8-14(15)23-16-12(19)10-22-18(20)24-16/h2-10,25H,1H3,(H,21,26)(H,22,23,24). The summed E-state index contributed by atoms with van der Waals surface area (Å²) in [7, 11) is -2.60. The van der Waals surface area contributed by atoms with E-state index in [0.29, 0.717) is 0 Å². The molecule has 1 amide bonds. The Hall–Kier alpha value is -2.88. The average molecular weight is 452 g/mol. The van der Waals surface area contributed by atoms with Crippen LogP contribution in [0.3, 0.4) is 0 Å². The molecule has 1 aromatic heterocycles. The number of amides is 1. The van der Waals surface area contributed by atoms with Crippen LogP contribution in [0.1, 0.15) is 10.4 Å². The first-order valence-corrected chi connectivity index (χ1v) is 10.4. The summed E-state index contributed by atoms with van der Waals surface area (Å²) in [6, 6.07) is 12.4. The second kappa shape index (κ2) is 8.64. The molecule has 0 radical (unpaired) electrons. The van der Waals surface area contributed by atoms with Gasteiger partial charge in [0.25, 0.3) is 15.9 Å². The normalized spacial score (nSPS) is 11.0. The first-order valence-electron chi connectivity index (χ1n) is 8.20. The van der Waals surface area contributed by atoms with Crippen LogP contribution >= 0.6 is 23.2 Å². The van der Waals surface area contributed by atoms with Gasteiger partial charge in [-0.15, -0.1) is 0 Å². The molecular formula is C18H15Cl2N5O3S. The number of anilines is 3. The van der Waals surface area contributed by atoms with Crippen LogP contribution < -0.4 is 15.4 Å². The summed E-state index contributed by atoms with van der Waals surface area (Å²) < 4.78 is 28.6. The molecule has 0 aliphatic carbocycles. The number of para-hydroxylation sites is 2. The van der Waals surface area contributed by atoms with Crippen molar-refractivity contribution in [1.82, 2.24) is 15.3 Å². The van der Waals surface area contributed by atoms with E-state index in [1.165, 1.54) is 31.4 Å². The Bertz CT molecular complexity index is 1170. The molecule has 0 aliphatic rings. The quantitative estimate of drug-likeness (QED) is 0.492. The van der Waals surface area contributed by atoms with E-state index in [1.807, 2.05) is 0 Å². The molecule has 0 saturated carbocycles. The van der Waals surface area contributed by atoms with Crippen molar-refractivity contribution < 1.29 is 13.2 Å². The van der Waals surface area contributed by atoms with E-state index < -0.39 is 15.9 Å². The summed E-state index contributed by atoms with van der Waals surface area (Å²) in [4.78, 5) is 19.7. The zero-order valence-corrected chi connectivity index (χ0v) is 17.3. The summed E-state index contributed by atoms with van der Waals surface area (Å²) in [5.74, 6) is -0.266. The van der Waals surface area contributed by atoms with Crippen molar-refractivity contribution in [2.75, 3.05) is 17.1 Å². The summed E-state index contributed by atoms with van der Waals surface area (Å²) in [6.07, 6.45) is 1.30. The molecule has 0 unspecified atom stereocenters. The summed E-state index contributed by atoms with van der Waals surface area (Å²) >= 11 is 11.8. The van der Waals surface area contributed by atoms with Crippen molar-refractivity contribution >= 4 is 56.3 Å². The van der Waals surface area contributed by atoms with E-state index in [1.54, 1.807) is 30.3 Å². The molecule has 3 rings (SSSR count). The molecule has 0 saturated heterocycles. The number of nitrogens with one attached hydrogen (secondary N) is 3. The van der Waals surface area contributed by atoms with Gasteiger partial charge >= 0.3 is 0 Å². The Morgan fingerprint density at radius 3 is 2.38 bits per heavy atom. The highest BCUT2D eigenvalue weighted by atomic mass is 35.5. The first kappa shape index (κ1) is 20.8. The fourth-order valence-electron chi connectivity index (χ4n) is 2.47. The van der Waals surface area contributed by atoms with Gasteiger partial charge in [0.15, 0.2) is 5.82 Å². The van der Waals surface area contributed by atoms with Gasteiger partial charge in [-0.1, -0.05) is 35.9 Å². The molecule has 0 spiro atoms. The number of sulfonamides is 1. The number of hydrogen-bond acceptors (Lipinski definition) is 6. The van der Waals surface area contributed by atoms with Gasteiger partial charge in [-0.2, -0.15) is 4.98 Å². The van der Waals surface area contributed by atoms with E-state index in [2.05, 4.69) is 25.3 Å². The van der Waals surface area contributed by atoms with Gasteiger partial charge in [-0.05, 0) is 35.9 Å². The second-order valence-corrected chi connectivity index (χ2v) is 8.08. The molecule has 150 valence electrons. The molecule has 1 heterocycles. The molecule has 29 heavy (non-hydrogen) atoms. The number of nitrogens with zero attached hydrogens (tertiary/aromatic N) is 2. The minimum Gasteiger partial charge on any atom is -0.355 e. The number of carbonyl (C=O) groups excluding carboxylic acids is 1. The molecule has 3 N–H and O–H groups in total. The maximum absolute atomic E-state index is 13.1. The SMILES string of the molecule is CNC(=O)c1ccccc1NS(=O)(=O)c1ccccc1Nc1nc(Cl)ncc1Cl. The van der Waals surface area contributed by atoms with Crippen LogP contribution in [0.2, 0.25) is 10.3 Å². The molecule has 0 fully saturated rings. The lowest BCUT2D eigenvalue weighted by atomic mass is 10.2. The molecular weight excluding hydrogens is 437 g/mol. The Morgan fingerprint density at radius 2 is 1.66 bits per heavy atom. The Balaban J connectivity index is 1.99. The smallest absolute Gasteiger partial charge is 0.263 e. The van der Waals surface area contributed by atoms with E-state index in [9.17, 15) is 13.2 Å². The van der Waals surface area contributed by atoms with Crippen LogP contribution in [0.5, 0.6) is 0 Å². The number of hydrogen-bond donors (Lipinski definition) is 3. The molecule has 8 nitrogen and oxygen atoms in total. The lowest BCUT2D eigenvalue weighted by molar-refractivity contribution is 0.0964. The van der Waals surface area contributed by atoms with Crippen molar-refractivity contribution in [1.29, 1.82) is 0 Å². The van der Waals surface area contributed by atoms with Gasteiger partial charge in [-0.3, -0.25) is 9.52 Å². The molecule has 3 aromatic rings. The summed E-state index contributed by atoms with van der Waals surface area (Å²) in [5, 5.41) is 5.45. The van der Waals surface area contributed by atoms with Crippen molar-refractivity contribution in [3.63, 3.8) is 0 Å². The Morgan fingerprint density at radius 1 is 1.00 bits per heavy atom. The van der Waals surface area contributed by atoms with E-state index in [-0.39, 0.29) is 38.0 Å². The number of carbonyl (C=O) groups is 1. The predicted molar refractivity (Wildman–Crippen MR) is 112 cm³/mol. The second-order valence-electron chi connectivity index (χ2n) is 5.69. The summed E-state index contributed by atoms with van der Waals surface area (Å²) in [6.45, 7) is 0. The molecule has 11 heteroatoms. The van der Waals surface area contributed by atoms with Crippen LogP contribution in [-0.2, 0) is 10.0 Å². The van der Waals surface area contributed by atoms with Crippen molar-refractivity contribution in [3.8, 4) is 0 Å². The first-order chi connectivity index (χ1) is 13.8. The third-order valence-electron chi connectivity index (χ3n) is 3.79. The van der Waals surface area contributed by atoms with Gasteiger partial charge in [0.05, 0.1) is 23.1 Å². The van der Waals surface area contributed by atoms with Crippen molar-refractivity contribution in [3.05, 3.63) is 70.6 Å². The molecule has 2 aromatic carbocycles. The highest BCUT2D eigenvalue weighted by Crippen LogP contribution is 2.30. The number of halogens is 2. The van der Waals surface area contributed by atoms with Gasteiger partial charge in [0.2, 0.25) is 5.28 Å². The fraction of sp³-hybridized carbons (Fsp3) is 0.0556. The lowest BCUT2D eigenvalue weighted by Crippen LogP contribution is -2.22.